The number of aromatic hydroxyl groups is 8. The van der Waals surface area contributed by atoms with Gasteiger partial charge in [0.05, 0.1) is 0 Å². The summed E-state index contributed by atoms with van der Waals surface area (Å²) >= 11 is 0. The van der Waals surface area contributed by atoms with E-state index in [4.69, 9.17) is 4.42 Å². The first-order chi connectivity index (χ1) is 26.6. The molecule has 9 aromatic carbocycles. The number of rotatable bonds is 3. The van der Waals surface area contributed by atoms with E-state index in [1.54, 1.807) is 30.3 Å². The second kappa shape index (κ2) is 11.4. The lowest BCUT2D eigenvalue weighted by Gasteiger charge is -2.22. The second-order valence-corrected chi connectivity index (χ2v) is 13.7. The number of fused-ring (bicyclic) bond motifs is 7. The maximum absolute atomic E-state index is 11.7. The first-order valence-electron chi connectivity index (χ1n) is 17.3. The number of furan rings is 1. The standard InChI is InChI=1S/C46H28O9/c47-39-35-33(27-13-12-25-16-24(10-11-26(25)17-27)21-6-2-1-3-7-21)36-38(42(50)46(54)44(52)40(36)48)34(37(35)41(49)45(53)43(39)51)28-14-15-31-29(19-28)30-18-22-8-4-5-9-23(22)20-32(30)55-31/h1-20,47-54H. The van der Waals surface area contributed by atoms with Crippen molar-refractivity contribution in [2.24, 2.45) is 0 Å². The van der Waals surface area contributed by atoms with Crippen molar-refractivity contribution in [2.45, 2.75) is 0 Å². The van der Waals surface area contributed by atoms with Crippen molar-refractivity contribution in [1.82, 2.24) is 0 Å². The van der Waals surface area contributed by atoms with Gasteiger partial charge >= 0.3 is 0 Å². The maximum Gasteiger partial charge on any atom is 0.204 e. The van der Waals surface area contributed by atoms with Crippen LogP contribution in [0.4, 0.5) is 0 Å². The Kier molecular flexibility index (Phi) is 6.59. The summed E-state index contributed by atoms with van der Waals surface area (Å²) in [5.74, 6) is -7.48. The van der Waals surface area contributed by atoms with Crippen LogP contribution in [-0.4, -0.2) is 40.9 Å². The molecule has 0 amide bonds. The van der Waals surface area contributed by atoms with E-state index in [-0.39, 0.29) is 32.7 Å². The van der Waals surface area contributed by atoms with Crippen LogP contribution < -0.4 is 0 Å². The monoisotopic (exact) mass is 724 g/mol. The van der Waals surface area contributed by atoms with E-state index in [9.17, 15) is 40.9 Å². The highest BCUT2D eigenvalue weighted by Gasteiger charge is 2.32. The summed E-state index contributed by atoms with van der Waals surface area (Å²) in [7, 11) is 0. The molecule has 0 aliphatic heterocycles. The topological polar surface area (TPSA) is 175 Å². The summed E-state index contributed by atoms with van der Waals surface area (Å²) in [6, 6.07) is 37.7. The van der Waals surface area contributed by atoms with Crippen LogP contribution in [0.15, 0.2) is 126 Å². The first kappa shape index (κ1) is 31.9. The first-order valence-corrected chi connectivity index (χ1v) is 17.3. The summed E-state index contributed by atoms with van der Waals surface area (Å²) in [4.78, 5) is 0. The van der Waals surface area contributed by atoms with Crippen molar-refractivity contribution in [3.63, 3.8) is 0 Å². The van der Waals surface area contributed by atoms with Gasteiger partial charge in [0.1, 0.15) is 11.2 Å². The Morgan fingerprint density at radius 1 is 0.291 bits per heavy atom. The zero-order chi connectivity index (χ0) is 37.9. The quantitative estimate of drug-likeness (QED) is 0.0501. The number of hydrogen-bond donors (Lipinski definition) is 8. The van der Waals surface area contributed by atoms with Gasteiger partial charge in [-0.25, -0.2) is 0 Å². The molecular weight excluding hydrogens is 696 g/mol. The van der Waals surface area contributed by atoms with Gasteiger partial charge in [0, 0.05) is 43.4 Å². The molecule has 10 rings (SSSR count). The van der Waals surface area contributed by atoms with Crippen LogP contribution in [0.1, 0.15) is 0 Å². The fraction of sp³-hybridized carbons (Fsp3) is 0. The molecule has 0 spiro atoms. The van der Waals surface area contributed by atoms with Crippen LogP contribution in [-0.2, 0) is 0 Å². The molecule has 0 saturated heterocycles. The fourth-order valence-electron chi connectivity index (χ4n) is 8.03. The fourth-order valence-corrected chi connectivity index (χ4v) is 8.03. The number of hydrogen-bond acceptors (Lipinski definition) is 9. The molecule has 0 aliphatic rings. The summed E-state index contributed by atoms with van der Waals surface area (Å²) < 4.78 is 6.20. The third kappa shape index (κ3) is 4.47. The van der Waals surface area contributed by atoms with Crippen molar-refractivity contribution < 1.29 is 45.3 Å². The Balaban J connectivity index is 1.34. The van der Waals surface area contributed by atoms with E-state index in [1.165, 1.54) is 0 Å². The van der Waals surface area contributed by atoms with Crippen LogP contribution in [0.5, 0.6) is 46.0 Å². The molecule has 0 radical (unpaired) electrons. The molecule has 10 aromatic rings. The van der Waals surface area contributed by atoms with Crippen molar-refractivity contribution in [2.75, 3.05) is 0 Å². The van der Waals surface area contributed by atoms with E-state index >= 15 is 0 Å². The van der Waals surface area contributed by atoms with Crippen LogP contribution in [0.2, 0.25) is 0 Å². The van der Waals surface area contributed by atoms with E-state index in [1.807, 2.05) is 91.0 Å². The van der Waals surface area contributed by atoms with Crippen LogP contribution >= 0.6 is 0 Å². The van der Waals surface area contributed by atoms with Gasteiger partial charge < -0.3 is 45.3 Å². The normalized spacial score (nSPS) is 11.9. The van der Waals surface area contributed by atoms with Gasteiger partial charge in [0.15, 0.2) is 23.0 Å². The molecule has 0 unspecified atom stereocenters. The lowest BCUT2D eigenvalue weighted by atomic mass is 9.83. The Morgan fingerprint density at radius 2 is 0.709 bits per heavy atom. The van der Waals surface area contributed by atoms with Gasteiger partial charge in [-0.15, -0.1) is 0 Å². The van der Waals surface area contributed by atoms with E-state index in [0.717, 1.165) is 38.1 Å². The second-order valence-electron chi connectivity index (χ2n) is 13.7. The van der Waals surface area contributed by atoms with Crippen LogP contribution in [0.3, 0.4) is 0 Å². The molecule has 0 fully saturated rings. The van der Waals surface area contributed by atoms with Crippen molar-refractivity contribution in [1.29, 1.82) is 0 Å². The zero-order valence-corrected chi connectivity index (χ0v) is 28.5. The highest BCUT2D eigenvalue weighted by atomic mass is 16.4. The number of phenolic OH excluding ortho intramolecular Hbond substituents is 8. The number of phenols is 8. The summed E-state index contributed by atoms with van der Waals surface area (Å²) in [6.07, 6.45) is 0. The van der Waals surface area contributed by atoms with Gasteiger partial charge in [-0.2, -0.15) is 0 Å². The molecule has 0 atom stereocenters. The predicted molar refractivity (Wildman–Crippen MR) is 213 cm³/mol. The predicted octanol–water partition coefficient (Wildman–Crippen LogP) is 10.8. The van der Waals surface area contributed by atoms with E-state index in [2.05, 4.69) is 0 Å². The molecule has 1 aromatic heterocycles. The highest BCUT2D eigenvalue weighted by Crippen LogP contribution is 2.62. The molecule has 0 saturated carbocycles. The summed E-state index contributed by atoms with van der Waals surface area (Å²) in [6.45, 7) is 0. The molecule has 55 heavy (non-hydrogen) atoms. The lowest BCUT2D eigenvalue weighted by Crippen LogP contribution is -1.95. The van der Waals surface area contributed by atoms with Gasteiger partial charge in [0.25, 0.3) is 0 Å². The Bertz CT molecular complexity index is 3210. The largest absolute Gasteiger partial charge is 0.504 e. The van der Waals surface area contributed by atoms with Crippen molar-refractivity contribution in [3.8, 4) is 79.4 Å². The van der Waals surface area contributed by atoms with Gasteiger partial charge in [-0.1, -0.05) is 84.9 Å². The van der Waals surface area contributed by atoms with Gasteiger partial charge in [0.2, 0.25) is 23.0 Å². The molecule has 0 aliphatic carbocycles. The smallest absolute Gasteiger partial charge is 0.204 e. The Hall–Kier alpha value is -7.78. The van der Waals surface area contributed by atoms with Gasteiger partial charge in [-0.05, 0) is 80.2 Å². The molecule has 9 nitrogen and oxygen atoms in total. The molecule has 266 valence electrons. The third-order valence-corrected chi connectivity index (χ3v) is 10.7. The maximum atomic E-state index is 11.7. The van der Waals surface area contributed by atoms with Crippen LogP contribution in [0.25, 0.3) is 98.4 Å². The Labute approximate surface area is 310 Å². The zero-order valence-electron chi connectivity index (χ0n) is 28.5. The van der Waals surface area contributed by atoms with Crippen LogP contribution in [0, 0.1) is 0 Å². The lowest BCUT2D eigenvalue weighted by molar-refractivity contribution is 0.350. The summed E-state index contributed by atoms with van der Waals surface area (Å²) in [5, 5.41) is 94.7. The molecular formula is C46H28O9. The minimum absolute atomic E-state index is 0.0182. The van der Waals surface area contributed by atoms with Gasteiger partial charge in [-0.3, -0.25) is 0 Å². The molecule has 1 heterocycles. The highest BCUT2D eigenvalue weighted by molar-refractivity contribution is 6.29. The minimum Gasteiger partial charge on any atom is -0.504 e. The molecule has 9 heteroatoms. The van der Waals surface area contributed by atoms with Crippen molar-refractivity contribution in [3.05, 3.63) is 121 Å². The van der Waals surface area contributed by atoms with E-state index < -0.39 is 46.0 Å². The average molecular weight is 725 g/mol. The SMILES string of the molecule is Oc1c(O)c(O)c2c(-c3ccc4oc5cc6ccccc6cc5c4c3)c3c(O)c(O)c(O)c(O)c3c(-c3ccc4cc(-c5ccccc5)ccc4c3)c2c1O. The third-order valence-electron chi connectivity index (χ3n) is 10.7. The van der Waals surface area contributed by atoms with Crippen molar-refractivity contribution >= 4 is 65.0 Å². The van der Waals surface area contributed by atoms with E-state index in [0.29, 0.717) is 27.7 Å². The summed E-state index contributed by atoms with van der Waals surface area (Å²) in [5.41, 5.74) is 3.70. The number of benzene rings is 9. The Morgan fingerprint density at radius 3 is 1.27 bits per heavy atom. The molecule has 8 N–H and O–H groups in total. The average Bonchev–Trinajstić information content (AvgIpc) is 3.57. The molecule has 0 bridgehead atoms. The minimum atomic E-state index is -1.03.